The molecule has 1 saturated carbocycles. The lowest BCUT2D eigenvalue weighted by atomic mass is 10.1. The highest BCUT2D eigenvalue weighted by atomic mass is 32.1. The van der Waals surface area contributed by atoms with Crippen LogP contribution in [-0.4, -0.2) is 42.2 Å². The van der Waals surface area contributed by atoms with Gasteiger partial charge < -0.3 is 21.1 Å². The average Bonchev–Trinajstić information content (AvgIpc) is 3.05. The van der Waals surface area contributed by atoms with Crippen molar-refractivity contribution >= 4 is 28.2 Å². The molecule has 0 aromatic carbocycles. The fraction of sp³-hybridized carbons (Fsp3) is 0.714. The Bertz CT molecular complexity index is 491. The van der Waals surface area contributed by atoms with Crippen molar-refractivity contribution in [1.82, 2.24) is 10.3 Å². The predicted molar refractivity (Wildman–Crippen MR) is 85.8 cm³/mol. The Labute approximate surface area is 129 Å². The summed E-state index contributed by atoms with van der Waals surface area (Å²) in [6.45, 7) is 3.09. The molecule has 2 rings (SSSR count). The van der Waals surface area contributed by atoms with Crippen molar-refractivity contribution < 1.29 is 9.90 Å². The number of nitrogens with zero attached hydrogens (tertiary/aromatic N) is 2. The molecule has 7 heteroatoms. The SMILES string of the molecule is CCCN(C)c1nc(N)c(C(=O)NC2CCCC2CO)s1. The summed E-state index contributed by atoms with van der Waals surface area (Å²) in [6.07, 6.45) is 3.93. The van der Waals surface area contributed by atoms with E-state index in [2.05, 4.69) is 17.2 Å². The maximum Gasteiger partial charge on any atom is 0.265 e. The minimum atomic E-state index is -0.175. The van der Waals surface area contributed by atoms with Crippen LogP contribution in [0.25, 0.3) is 0 Å². The van der Waals surface area contributed by atoms with Gasteiger partial charge in [-0.1, -0.05) is 24.7 Å². The number of aliphatic hydroxyl groups is 1. The lowest BCUT2D eigenvalue weighted by Crippen LogP contribution is -2.38. The van der Waals surface area contributed by atoms with E-state index in [9.17, 15) is 9.90 Å². The van der Waals surface area contributed by atoms with Gasteiger partial charge in [0.25, 0.3) is 5.91 Å². The second-order valence-electron chi connectivity index (χ2n) is 5.59. The van der Waals surface area contributed by atoms with Crippen molar-refractivity contribution in [3.63, 3.8) is 0 Å². The Morgan fingerprint density at radius 1 is 1.57 bits per heavy atom. The molecule has 0 saturated heterocycles. The van der Waals surface area contributed by atoms with Gasteiger partial charge in [-0.25, -0.2) is 4.98 Å². The molecule has 2 atom stereocenters. The maximum absolute atomic E-state index is 12.4. The van der Waals surface area contributed by atoms with E-state index >= 15 is 0 Å². The number of rotatable bonds is 6. The Kier molecular flexibility index (Phi) is 5.41. The van der Waals surface area contributed by atoms with Crippen molar-refractivity contribution in [2.45, 2.75) is 38.6 Å². The first kappa shape index (κ1) is 16.0. The third-order valence-corrected chi connectivity index (χ3v) is 5.13. The molecule has 1 aliphatic rings. The van der Waals surface area contributed by atoms with Gasteiger partial charge >= 0.3 is 0 Å². The summed E-state index contributed by atoms with van der Waals surface area (Å²) in [6, 6.07) is 0.0424. The fourth-order valence-corrected chi connectivity index (χ4v) is 3.63. The van der Waals surface area contributed by atoms with Gasteiger partial charge in [-0.2, -0.15) is 0 Å². The molecule has 1 fully saturated rings. The van der Waals surface area contributed by atoms with Crippen LogP contribution in [-0.2, 0) is 0 Å². The highest BCUT2D eigenvalue weighted by Crippen LogP contribution is 2.29. The van der Waals surface area contributed by atoms with E-state index in [1.807, 2.05) is 11.9 Å². The van der Waals surface area contributed by atoms with Gasteiger partial charge in [-0.05, 0) is 19.3 Å². The van der Waals surface area contributed by atoms with Gasteiger partial charge in [-0.15, -0.1) is 0 Å². The third-order valence-electron chi connectivity index (χ3n) is 3.94. The number of aliphatic hydroxyl groups excluding tert-OH is 1. The maximum atomic E-state index is 12.4. The highest BCUT2D eigenvalue weighted by molar-refractivity contribution is 7.18. The number of nitrogens with one attached hydrogen (secondary N) is 1. The number of anilines is 2. The predicted octanol–water partition coefficient (Wildman–Crippen LogP) is 1.46. The first-order valence-electron chi connectivity index (χ1n) is 7.46. The molecule has 1 aromatic rings. The summed E-state index contributed by atoms with van der Waals surface area (Å²) < 4.78 is 0. The first-order valence-corrected chi connectivity index (χ1v) is 8.27. The number of nitrogen functional groups attached to an aromatic ring is 1. The zero-order chi connectivity index (χ0) is 15.4. The van der Waals surface area contributed by atoms with Gasteiger partial charge in [0.15, 0.2) is 5.13 Å². The van der Waals surface area contributed by atoms with Gasteiger partial charge in [0.1, 0.15) is 10.7 Å². The molecule has 2 unspecified atom stereocenters. The molecular formula is C14H24N4O2S. The normalized spacial score (nSPS) is 21.5. The summed E-state index contributed by atoms with van der Waals surface area (Å²) in [5, 5.41) is 13.1. The summed E-state index contributed by atoms with van der Waals surface area (Å²) in [5.41, 5.74) is 5.88. The monoisotopic (exact) mass is 312 g/mol. The van der Waals surface area contributed by atoms with E-state index in [4.69, 9.17) is 5.73 Å². The molecule has 0 spiro atoms. The first-order chi connectivity index (χ1) is 10.1. The van der Waals surface area contributed by atoms with E-state index in [1.54, 1.807) is 0 Å². The minimum Gasteiger partial charge on any atom is -0.396 e. The Morgan fingerprint density at radius 2 is 2.33 bits per heavy atom. The smallest absolute Gasteiger partial charge is 0.265 e. The minimum absolute atomic E-state index is 0.0424. The lowest BCUT2D eigenvalue weighted by Gasteiger charge is -2.18. The highest BCUT2D eigenvalue weighted by Gasteiger charge is 2.29. The number of carbonyl (C=O) groups is 1. The summed E-state index contributed by atoms with van der Waals surface area (Å²) in [4.78, 5) is 19.1. The van der Waals surface area contributed by atoms with Crippen molar-refractivity contribution in [2.24, 2.45) is 5.92 Å². The topological polar surface area (TPSA) is 91.5 Å². The second kappa shape index (κ2) is 7.09. The molecule has 1 amide bonds. The van der Waals surface area contributed by atoms with Crippen LogP contribution in [0.5, 0.6) is 0 Å². The number of hydrogen-bond donors (Lipinski definition) is 3. The third kappa shape index (κ3) is 3.65. The average molecular weight is 312 g/mol. The van der Waals surface area contributed by atoms with E-state index in [0.717, 1.165) is 37.4 Å². The molecule has 21 heavy (non-hydrogen) atoms. The Hall–Kier alpha value is -1.34. The Balaban J connectivity index is 2.05. The number of carbonyl (C=O) groups excluding carboxylic acids is 1. The van der Waals surface area contributed by atoms with E-state index in [0.29, 0.717) is 4.88 Å². The van der Waals surface area contributed by atoms with Gasteiger partial charge in [0.2, 0.25) is 0 Å². The van der Waals surface area contributed by atoms with E-state index in [1.165, 1.54) is 11.3 Å². The number of thiazole rings is 1. The molecule has 4 N–H and O–H groups in total. The fourth-order valence-electron chi connectivity index (χ4n) is 2.76. The molecule has 0 aliphatic heterocycles. The molecule has 1 aromatic heterocycles. The van der Waals surface area contributed by atoms with Crippen molar-refractivity contribution in [3.05, 3.63) is 4.88 Å². The van der Waals surface area contributed by atoms with Crippen LogP contribution in [0, 0.1) is 5.92 Å². The zero-order valence-electron chi connectivity index (χ0n) is 12.6. The van der Waals surface area contributed by atoms with Crippen LogP contribution < -0.4 is 16.0 Å². The molecule has 1 heterocycles. The molecule has 6 nitrogen and oxygen atoms in total. The van der Waals surface area contributed by atoms with Crippen LogP contribution in [0.4, 0.5) is 10.9 Å². The van der Waals surface area contributed by atoms with Crippen LogP contribution >= 0.6 is 11.3 Å². The van der Waals surface area contributed by atoms with Crippen molar-refractivity contribution in [1.29, 1.82) is 0 Å². The lowest BCUT2D eigenvalue weighted by molar-refractivity contribution is 0.0921. The standard InChI is InChI=1S/C14H24N4O2S/c1-3-7-18(2)14-17-12(15)11(21-14)13(20)16-10-6-4-5-9(10)8-19/h9-10,19H,3-8,15H2,1-2H3,(H,16,20). The number of amides is 1. The molecule has 0 radical (unpaired) electrons. The van der Waals surface area contributed by atoms with Crippen LogP contribution in [0.2, 0.25) is 0 Å². The summed E-state index contributed by atoms with van der Waals surface area (Å²) >= 11 is 1.32. The molecule has 0 bridgehead atoms. The largest absolute Gasteiger partial charge is 0.396 e. The van der Waals surface area contributed by atoms with E-state index in [-0.39, 0.29) is 30.3 Å². The molecule has 1 aliphatic carbocycles. The molecular weight excluding hydrogens is 288 g/mol. The van der Waals surface area contributed by atoms with Gasteiger partial charge in [0.05, 0.1) is 0 Å². The number of hydrogen-bond acceptors (Lipinski definition) is 6. The van der Waals surface area contributed by atoms with E-state index < -0.39 is 0 Å². The zero-order valence-corrected chi connectivity index (χ0v) is 13.4. The molecule has 118 valence electrons. The number of aromatic nitrogens is 1. The van der Waals surface area contributed by atoms with Crippen LogP contribution in [0.15, 0.2) is 0 Å². The van der Waals surface area contributed by atoms with Crippen molar-refractivity contribution in [3.8, 4) is 0 Å². The van der Waals surface area contributed by atoms with Crippen molar-refractivity contribution in [2.75, 3.05) is 30.8 Å². The van der Waals surface area contributed by atoms with Crippen LogP contribution in [0.1, 0.15) is 42.3 Å². The number of nitrogens with two attached hydrogens (primary N) is 1. The second-order valence-corrected chi connectivity index (χ2v) is 6.56. The summed E-state index contributed by atoms with van der Waals surface area (Å²) in [5.74, 6) is 0.269. The van der Waals surface area contributed by atoms with Gasteiger partial charge in [-0.3, -0.25) is 4.79 Å². The van der Waals surface area contributed by atoms with Crippen LogP contribution in [0.3, 0.4) is 0 Å². The Morgan fingerprint density at radius 3 is 3.00 bits per heavy atom. The quantitative estimate of drug-likeness (QED) is 0.740. The van der Waals surface area contributed by atoms with Gasteiger partial charge in [0, 0.05) is 32.2 Å². The summed E-state index contributed by atoms with van der Waals surface area (Å²) in [7, 11) is 1.95.